The Balaban J connectivity index is 1.22. The molecule has 0 aliphatic carbocycles. The molecule has 0 aliphatic rings. The van der Waals surface area contributed by atoms with Crippen LogP contribution in [0.25, 0.3) is 88.1 Å². The minimum atomic E-state index is 0.906. The minimum Gasteiger partial charge on any atom is -0.456 e. The van der Waals surface area contributed by atoms with Gasteiger partial charge in [-0.15, -0.1) is 0 Å². The maximum Gasteiger partial charge on any atom is 0.135 e. The highest BCUT2D eigenvalue weighted by atomic mass is 16.3. The van der Waals surface area contributed by atoms with Crippen molar-refractivity contribution in [2.75, 3.05) is 0 Å². The molecule has 0 spiro atoms. The molecule has 0 atom stereocenters. The van der Waals surface area contributed by atoms with Crippen molar-refractivity contribution in [3.63, 3.8) is 0 Å². The second-order valence-corrected chi connectivity index (χ2v) is 11.8. The average Bonchev–Trinajstić information content (AvgIpc) is 3.76. The summed E-state index contributed by atoms with van der Waals surface area (Å²) in [5.74, 6) is 0. The molecule has 3 aromatic heterocycles. The lowest BCUT2D eigenvalue weighted by Gasteiger charge is -2.12. The number of benzene rings is 7. The molecule has 45 heavy (non-hydrogen) atoms. The summed E-state index contributed by atoms with van der Waals surface area (Å²) in [7, 11) is 0. The summed E-state index contributed by atoms with van der Waals surface area (Å²) < 4.78 is 10.9. The van der Waals surface area contributed by atoms with Gasteiger partial charge in [-0.3, -0.25) is 0 Å². The van der Waals surface area contributed by atoms with E-state index >= 15 is 0 Å². The Morgan fingerprint density at radius 1 is 0.356 bits per heavy atom. The molecule has 3 heteroatoms. The molecule has 0 bridgehead atoms. The summed E-state index contributed by atoms with van der Waals surface area (Å²) in [5, 5.41) is 7.30. The van der Waals surface area contributed by atoms with E-state index in [-0.39, 0.29) is 0 Å². The van der Waals surface area contributed by atoms with E-state index < -0.39 is 0 Å². The van der Waals surface area contributed by atoms with Crippen molar-refractivity contribution >= 4 is 65.6 Å². The number of nitrogens with zero attached hydrogens (tertiary/aromatic N) is 2. The van der Waals surface area contributed by atoms with Crippen LogP contribution in [0.1, 0.15) is 0 Å². The topological polar surface area (TPSA) is 23.0 Å². The molecule has 7 aromatic carbocycles. The van der Waals surface area contributed by atoms with Gasteiger partial charge in [-0.05, 0) is 71.8 Å². The zero-order chi connectivity index (χ0) is 29.5. The third-order valence-corrected chi connectivity index (χ3v) is 9.31. The van der Waals surface area contributed by atoms with Gasteiger partial charge in [0, 0.05) is 43.7 Å². The number of para-hydroxylation sites is 4. The Hall–Kier alpha value is -6.06. The second-order valence-electron chi connectivity index (χ2n) is 11.8. The summed E-state index contributed by atoms with van der Waals surface area (Å²) in [6.45, 7) is 0. The summed E-state index contributed by atoms with van der Waals surface area (Å²) >= 11 is 0. The molecule has 0 unspecified atom stereocenters. The number of rotatable bonds is 3. The first kappa shape index (κ1) is 24.4. The molecule has 10 aromatic rings. The van der Waals surface area contributed by atoms with E-state index in [0.29, 0.717) is 0 Å². The number of hydrogen-bond acceptors (Lipinski definition) is 1. The predicted molar refractivity (Wildman–Crippen MR) is 188 cm³/mol. The highest BCUT2D eigenvalue weighted by Gasteiger charge is 2.18. The molecule has 0 radical (unpaired) electrons. The standard InChI is InChI=1S/C42H26N2O/c1-5-18-36-31(13-1)32-14-2-6-19-37(32)43(36)28-12-9-11-27(25-28)30-17-10-21-39-42(30)34-16-3-7-20-38(34)44(39)29-23-24-41-35(26-29)33-15-4-8-22-40(33)45-41/h1-26H. The lowest BCUT2D eigenvalue weighted by atomic mass is 9.99. The first-order chi connectivity index (χ1) is 22.3. The van der Waals surface area contributed by atoms with Crippen LogP contribution in [0.3, 0.4) is 0 Å². The lowest BCUT2D eigenvalue weighted by molar-refractivity contribution is 0.669. The fourth-order valence-electron chi connectivity index (χ4n) is 7.40. The summed E-state index contributed by atoms with van der Waals surface area (Å²) in [4.78, 5) is 0. The molecule has 0 amide bonds. The van der Waals surface area contributed by atoms with Gasteiger partial charge in [0.15, 0.2) is 0 Å². The monoisotopic (exact) mass is 574 g/mol. The van der Waals surface area contributed by atoms with Crippen LogP contribution < -0.4 is 0 Å². The van der Waals surface area contributed by atoms with Crippen molar-refractivity contribution in [1.82, 2.24) is 9.13 Å². The molecular weight excluding hydrogens is 548 g/mol. The van der Waals surface area contributed by atoms with Crippen LogP contribution in [-0.2, 0) is 0 Å². The molecule has 0 fully saturated rings. The molecule has 3 heterocycles. The van der Waals surface area contributed by atoms with Gasteiger partial charge in [0.05, 0.1) is 22.1 Å². The van der Waals surface area contributed by atoms with Crippen LogP contribution in [-0.4, -0.2) is 9.13 Å². The average molecular weight is 575 g/mol. The third-order valence-electron chi connectivity index (χ3n) is 9.31. The molecule has 0 aliphatic heterocycles. The SMILES string of the molecule is c1cc(-c2cccc3c2c2ccccc2n3-c2ccc3oc4ccccc4c3c2)cc(-n2c3ccccc3c3ccccc32)c1. The van der Waals surface area contributed by atoms with Crippen molar-refractivity contribution in [3.8, 4) is 22.5 Å². The zero-order valence-corrected chi connectivity index (χ0v) is 24.3. The van der Waals surface area contributed by atoms with Crippen molar-refractivity contribution in [1.29, 1.82) is 0 Å². The van der Waals surface area contributed by atoms with E-state index in [1.807, 2.05) is 12.1 Å². The van der Waals surface area contributed by atoms with Gasteiger partial charge in [-0.2, -0.15) is 0 Å². The van der Waals surface area contributed by atoms with Crippen LogP contribution in [0, 0.1) is 0 Å². The summed E-state index contributed by atoms with van der Waals surface area (Å²) in [5.41, 5.74) is 11.3. The van der Waals surface area contributed by atoms with Gasteiger partial charge in [-0.1, -0.05) is 97.1 Å². The minimum absolute atomic E-state index is 0.906. The van der Waals surface area contributed by atoms with Crippen LogP contribution in [0.15, 0.2) is 162 Å². The van der Waals surface area contributed by atoms with Gasteiger partial charge in [-0.25, -0.2) is 0 Å². The normalized spacial score (nSPS) is 12.0. The van der Waals surface area contributed by atoms with E-state index in [9.17, 15) is 0 Å². The third kappa shape index (κ3) is 3.46. The molecule has 10 rings (SSSR count). The molecule has 0 saturated heterocycles. The zero-order valence-electron chi connectivity index (χ0n) is 24.3. The van der Waals surface area contributed by atoms with Crippen molar-refractivity contribution in [3.05, 3.63) is 158 Å². The quantitative estimate of drug-likeness (QED) is 0.206. The van der Waals surface area contributed by atoms with Gasteiger partial charge in [0.1, 0.15) is 11.2 Å². The van der Waals surface area contributed by atoms with Gasteiger partial charge >= 0.3 is 0 Å². The molecule has 0 N–H and O–H groups in total. The predicted octanol–water partition coefficient (Wildman–Crippen LogP) is 11.4. The van der Waals surface area contributed by atoms with Gasteiger partial charge in [0.2, 0.25) is 0 Å². The molecule has 210 valence electrons. The second kappa shape index (κ2) is 9.22. The number of furan rings is 1. The maximum absolute atomic E-state index is 6.16. The lowest BCUT2D eigenvalue weighted by Crippen LogP contribution is -1.95. The van der Waals surface area contributed by atoms with E-state index in [1.165, 1.54) is 54.7 Å². The number of aromatic nitrogens is 2. The largest absolute Gasteiger partial charge is 0.456 e. The number of hydrogen-bond donors (Lipinski definition) is 0. The fraction of sp³-hybridized carbons (Fsp3) is 0. The Labute approximate surface area is 258 Å². The first-order valence-electron chi connectivity index (χ1n) is 15.4. The van der Waals surface area contributed by atoms with Gasteiger partial charge in [0.25, 0.3) is 0 Å². The van der Waals surface area contributed by atoms with Crippen LogP contribution in [0.2, 0.25) is 0 Å². The van der Waals surface area contributed by atoms with E-state index in [4.69, 9.17) is 4.42 Å². The Bertz CT molecular complexity index is 2720. The van der Waals surface area contributed by atoms with Crippen molar-refractivity contribution in [2.45, 2.75) is 0 Å². The molecule has 0 saturated carbocycles. The van der Waals surface area contributed by atoms with E-state index in [2.05, 4.69) is 155 Å². The highest BCUT2D eigenvalue weighted by molar-refractivity contribution is 6.16. The van der Waals surface area contributed by atoms with Crippen molar-refractivity contribution < 1.29 is 4.42 Å². The van der Waals surface area contributed by atoms with Crippen LogP contribution in [0.4, 0.5) is 0 Å². The van der Waals surface area contributed by atoms with Crippen molar-refractivity contribution in [2.24, 2.45) is 0 Å². The molecule has 3 nitrogen and oxygen atoms in total. The Kier molecular flexibility index (Phi) is 5.00. The van der Waals surface area contributed by atoms with Crippen LogP contribution >= 0.6 is 0 Å². The highest BCUT2D eigenvalue weighted by Crippen LogP contribution is 2.41. The summed E-state index contributed by atoms with van der Waals surface area (Å²) in [6, 6.07) is 56.6. The maximum atomic E-state index is 6.16. The first-order valence-corrected chi connectivity index (χ1v) is 15.4. The smallest absolute Gasteiger partial charge is 0.135 e. The van der Waals surface area contributed by atoms with E-state index in [1.54, 1.807) is 0 Å². The number of fused-ring (bicyclic) bond motifs is 9. The fourth-order valence-corrected chi connectivity index (χ4v) is 7.40. The molecular formula is C42H26N2O. The van der Waals surface area contributed by atoms with Crippen LogP contribution in [0.5, 0.6) is 0 Å². The summed E-state index contributed by atoms with van der Waals surface area (Å²) in [6.07, 6.45) is 0. The Morgan fingerprint density at radius 2 is 0.911 bits per heavy atom. The van der Waals surface area contributed by atoms with E-state index in [0.717, 1.165) is 33.3 Å². The van der Waals surface area contributed by atoms with Gasteiger partial charge < -0.3 is 13.6 Å². The Morgan fingerprint density at radius 3 is 1.69 bits per heavy atom.